The van der Waals surface area contributed by atoms with Crippen molar-refractivity contribution < 1.29 is 19.4 Å². The van der Waals surface area contributed by atoms with Crippen LogP contribution >= 0.6 is 0 Å². The van der Waals surface area contributed by atoms with E-state index in [2.05, 4.69) is 0 Å². The first-order valence-corrected chi connectivity index (χ1v) is 7.47. The zero-order chi connectivity index (χ0) is 17.4. The van der Waals surface area contributed by atoms with Gasteiger partial charge in [0, 0.05) is 0 Å². The number of aliphatic hydroxyl groups excluding tert-OH is 1. The fourth-order valence-electron chi connectivity index (χ4n) is 2.15. The van der Waals surface area contributed by atoms with Crippen LogP contribution < -0.4 is 9.47 Å². The molecule has 0 amide bonds. The van der Waals surface area contributed by atoms with Gasteiger partial charge in [-0.1, -0.05) is 24.3 Å². The van der Waals surface area contributed by atoms with Gasteiger partial charge < -0.3 is 14.6 Å². The van der Waals surface area contributed by atoms with E-state index < -0.39 is 0 Å². The monoisotopic (exact) mass is 324 g/mol. The van der Waals surface area contributed by atoms with Crippen molar-refractivity contribution in [2.75, 3.05) is 14.2 Å². The van der Waals surface area contributed by atoms with Crippen molar-refractivity contribution in [2.24, 2.45) is 0 Å². The van der Waals surface area contributed by atoms with Crippen molar-refractivity contribution in [3.05, 3.63) is 71.3 Å². The Hall–Kier alpha value is -2.85. The van der Waals surface area contributed by atoms with Gasteiger partial charge in [0.15, 0.2) is 5.78 Å². The molecule has 4 heteroatoms. The van der Waals surface area contributed by atoms with Crippen molar-refractivity contribution in [1.29, 1.82) is 0 Å². The molecule has 4 nitrogen and oxygen atoms in total. The summed E-state index contributed by atoms with van der Waals surface area (Å²) in [6.07, 6.45) is 6.41. The van der Waals surface area contributed by atoms with Gasteiger partial charge in [-0.25, -0.2) is 0 Å². The molecule has 0 heterocycles. The van der Waals surface area contributed by atoms with Crippen molar-refractivity contribution in [3.8, 4) is 11.5 Å². The van der Waals surface area contributed by atoms with Crippen LogP contribution in [0.1, 0.15) is 16.7 Å². The molecule has 1 N–H and O–H groups in total. The highest BCUT2D eigenvalue weighted by Gasteiger charge is 1.99. The fourth-order valence-corrected chi connectivity index (χ4v) is 2.15. The van der Waals surface area contributed by atoms with Gasteiger partial charge in [0.1, 0.15) is 11.5 Å². The maximum atomic E-state index is 12.0. The minimum Gasteiger partial charge on any atom is -0.497 e. The number of benzene rings is 2. The fraction of sp³-hybridized carbons (Fsp3) is 0.150. The lowest BCUT2D eigenvalue weighted by molar-refractivity contribution is -0.110. The lowest BCUT2D eigenvalue weighted by Gasteiger charge is -2.04. The molecule has 0 aliphatic heterocycles. The Bertz CT molecular complexity index is 738. The van der Waals surface area contributed by atoms with Gasteiger partial charge >= 0.3 is 0 Å². The molecule has 0 unspecified atom stereocenters. The molecule has 124 valence electrons. The second kappa shape index (κ2) is 8.70. The van der Waals surface area contributed by atoms with E-state index >= 15 is 0 Å². The van der Waals surface area contributed by atoms with Crippen LogP contribution in [0, 0.1) is 0 Å². The SMILES string of the molecule is COc1cccc(C=CC(=O)C=Cc2cc(CO)cc(OC)c2)c1. The normalized spacial score (nSPS) is 11.1. The Labute approximate surface area is 141 Å². The molecule has 0 aliphatic rings. The number of ether oxygens (including phenoxy) is 2. The average Bonchev–Trinajstić information content (AvgIpc) is 2.64. The first-order chi connectivity index (χ1) is 11.6. The van der Waals surface area contributed by atoms with Crippen molar-refractivity contribution in [1.82, 2.24) is 0 Å². The maximum absolute atomic E-state index is 12.0. The van der Waals surface area contributed by atoms with E-state index in [9.17, 15) is 9.90 Å². The number of rotatable bonds is 7. The summed E-state index contributed by atoms with van der Waals surface area (Å²) < 4.78 is 10.3. The van der Waals surface area contributed by atoms with Crippen LogP contribution in [0.4, 0.5) is 0 Å². The topological polar surface area (TPSA) is 55.8 Å². The lowest BCUT2D eigenvalue weighted by Crippen LogP contribution is -1.90. The van der Waals surface area contributed by atoms with E-state index in [1.807, 2.05) is 24.3 Å². The minimum atomic E-state index is -0.133. The third kappa shape index (κ3) is 5.11. The molecule has 0 fully saturated rings. The largest absolute Gasteiger partial charge is 0.497 e. The molecule has 0 aromatic heterocycles. The van der Waals surface area contributed by atoms with E-state index in [4.69, 9.17) is 9.47 Å². The van der Waals surface area contributed by atoms with Crippen molar-refractivity contribution in [3.63, 3.8) is 0 Å². The predicted molar refractivity (Wildman–Crippen MR) is 95.0 cm³/mol. The number of allylic oxidation sites excluding steroid dienone is 2. The molecule has 0 saturated carbocycles. The van der Waals surface area contributed by atoms with Gasteiger partial charge in [0.05, 0.1) is 20.8 Å². The average molecular weight is 324 g/mol. The summed E-state index contributed by atoms with van der Waals surface area (Å²) in [5.74, 6) is 1.25. The molecule has 2 aromatic rings. The smallest absolute Gasteiger partial charge is 0.178 e. The van der Waals surface area contributed by atoms with E-state index in [0.717, 1.165) is 22.4 Å². The highest BCUT2D eigenvalue weighted by Crippen LogP contribution is 2.18. The van der Waals surface area contributed by atoms with Gasteiger partial charge in [0.2, 0.25) is 0 Å². The summed E-state index contributed by atoms with van der Waals surface area (Å²) >= 11 is 0. The lowest BCUT2D eigenvalue weighted by atomic mass is 10.1. The van der Waals surface area contributed by atoms with Gasteiger partial charge in [-0.2, -0.15) is 0 Å². The molecule has 0 saturated heterocycles. The summed E-state index contributed by atoms with van der Waals surface area (Å²) in [4.78, 5) is 12.0. The molecular weight excluding hydrogens is 304 g/mol. The van der Waals surface area contributed by atoms with Crippen LogP contribution in [0.5, 0.6) is 11.5 Å². The van der Waals surface area contributed by atoms with Crippen LogP contribution in [0.2, 0.25) is 0 Å². The zero-order valence-electron chi connectivity index (χ0n) is 13.7. The Morgan fingerprint density at radius 1 is 0.958 bits per heavy atom. The van der Waals surface area contributed by atoms with Crippen LogP contribution in [0.25, 0.3) is 12.2 Å². The zero-order valence-corrected chi connectivity index (χ0v) is 13.7. The molecule has 0 bridgehead atoms. The van der Waals surface area contributed by atoms with Gasteiger partial charge in [-0.3, -0.25) is 4.79 Å². The molecule has 0 spiro atoms. The van der Waals surface area contributed by atoms with E-state index in [1.165, 1.54) is 12.2 Å². The second-order valence-electron chi connectivity index (χ2n) is 5.12. The van der Waals surface area contributed by atoms with Crippen LogP contribution in [0.15, 0.2) is 54.6 Å². The number of carbonyl (C=O) groups excluding carboxylic acids is 1. The minimum absolute atomic E-state index is 0.0816. The van der Waals surface area contributed by atoms with Crippen LogP contribution in [0.3, 0.4) is 0 Å². The highest BCUT2D eigenvalue weighted by atomic mass is 16.5. The Kier molecular flexibility index (Phi) is 6.34. The van der Waals surface area contributed by atoms with E-state index in [-0.39, 0.29) is 12.4 Å². The highest BCUT2D eigenvalue weighted by molar-refractivity contribution is 6.04. The molecule has 0 aliphatic carbocycles. The molecule has 0 radical (unpaired) electrons. The third-order valence-corrected chi connectivity index (χ3v) is 3.38. The molecular formula is C20H20O4. The Balaban J connectivity index is 2.08. The maximum Gasteiger partial charge on any atom is 0.178 e. The summed E-state index contributed by atoms with van der Waals surface area (Å²) in [5, 5.41) is 9.24. The van der Waals surface area contributed by atoms with Crippen molar-refractivity contribution >= 4 is 17.9 Å². The third-order valence-electron chi connectivity index (χ3n) is 3.38. The number of hydrogen-bond donors (Lipinski definition) is 1. The van der Waals surface area contributed by atoms with E-state index in [0.29, 0.717) is 5.75 Å². The summed E-state index contributed by atoms with van der Waals surface area (Å²) in [7, 11) is 3.16. The molecule has 24 heavy (non-hydrogen) atoms. The molecule has 2 aromatic carbocycles. The number of ketones is 1. The quantitative estimate of drug-likeness (QED) is 0.792. The molecule has 0 atom stereocenters. The predicted octanol–water partition coefficient (Wildman–Crippen LogP) is 3.49. The number of methoxy groups -OCH3 is 2. The first-order valence-electron chi connectivity index (χ1n) is 7.47. The number of aliphatic hydroxyl groups is 1. The second-order valence-corrected chi connectivity index (χ2v) is 5.12. The van der Waals surface area contributed by atoms with E-state index in [1.54, 1.807) is 44.6 Å². The first kappa shape index (κ1) is 17.5. The van der Waals surface area contributed by atoms with Gasteiger partial charge in [-0.15, -0.1) is 0 Å². The Morgan fingerprint density at radius 3 is 2.29 bits per heavy atom. The van der Waals surface area contributed by atoms with Gasteiger partial charge in [0.25, 0.3) is 0 Å². The standard InChI is InChI=1S/C20H20O4/c1-23-19-5-3-4-15(11-19)6-8-18(22)9-7-16-10-17(14-21)13-20(12-16)24-2/h3-13,21H,14H2,1-2H3. The summed E-state index contributed by atoms with van der Waals surface area (Å²) in [6.45, 7) is -0.0816. The number of hydrogen-bond acceptors (Lipinski definition) is 4. The van der Waals surface area contributed by atoms with Gasteiger partial charge in [-0.05, 0) is 59.2 Å². The molecule has 2 rings (SSSR count). The summed E-state index contributed by atoms with van der Waals surface area (Å²) in [6, 6.07) is 12.8. The Morgan fingerprint density at radius 2 is 1.62 bits per heavy atom. The number of carbonyl (C=O) groups is 1. The van der Waals surface area contributed by atoms with Crippen LogP contribution in [-0.2, 0) is 11.4 Å². The summed E-state index contributed by atoms with van der Waals surface area (Å²) in [5.41, 5.74) is 2.41. The van der Waals surface area contributed by atoms with Crippen molar-refractivity contribution in [2.45, 2.75) is 6.61 Å². The van der Waals surface area contributed by atoms with Crippen LogP contribution in [-0.4, -0.2) is 25.1 Å².